The van der Waals surface area contributed by atoms with Crippen molar-refractivity contribution in [1.29, 1.82) is 5.26 Å². The number of phenols is 2. The van der Waals surface area contributed by atoms with E-state index in [2.05, 4.69) is 45.5 Å². The summed E-state index contributed by atoms with van der Waals surface area (Å²) in [7, 11) is 0. The number of likely N-dealkylation sites (tertiary alicyclic amines) is 1. The molecule has 2 N–H and O–H groups in total. The predicted molar refractivity (Wildman–Crippen MR) is 217 cm³/mol. The van der Waals surface area contributed by atoms with Crippen molar-refractivity contribution < 1.29 is 24.5 Å². The number of nitriles is 1. The number of carbonyl (C=O) groups is 2. The molecule has 0 radical (unpaired) electrons. The summed E-state index contributed by atoms with van der Waals surface area (Å²) in [4.78, 5) is 44.2. The smallest absolute Gasteiger partial charge is 0.318 e. The van der Waals surface area contributed by atoms with Gasteiger partial charge in [0.15, 0.2) is 5.78 Å². The number of benzene rings is 3. The van der Waals surface area contributed by atoms with E-state index < -0.39 is 0 Å². The van der Waals surface area contributed by atoms with Crippen molar-refractivity contribution in [2.45, 2.75) is 58.0 Å². The van der Waals surface area contributed by atoms with E-state index in [-0.39, 0.29) is 65.5 Å². The van der Waals surface area contributed by atoms with Gasteiger partial charge in [-0.25, -0.2) is 0 Å². The molecule has 1 aromatic heterocycles. The van der Waals surface area contributed by atoms with Crippen molar-refractivity contribution in [3.05, 3.63) is 88.6 Å². The third-order valence-corrected chi connectivity index (χ3v) is 11.6. The Morgan fingerprint density at radius 2 is 1.86 bits per heavy atom. The number of phenolic OH excluding ortho intramolecular Hbond substituents is 2. The van der Waals surface area contributed by atoms with E-state index in [1.54, 1.807) is 11.0 Å². The summed E-state index contributed by atoms with van der Waals surface area (Å²) < 4.78 is 6.41. The molecule has 0 bridgehead atoms. The molecule has 292 valence electrons. The summed E-state index contributed by atoms with van der Waals surface area (Å²) in [6.45, 7) is 12.7. The lowest BCUT2D eigenvalue weighted by Gasteiger charge is -2.42. The normalized spacial score (nSPS) is 18.6. The molecule has 56 heavy (non-hydrogen) atoms. The largest absolute Gasteiger partial charge is 0.508 e. The van der Waals surface area contributed by atoms with Gasteiger partial charge in [0.1, 0.15) is 17.3 Å². The van der Waals surface area contributed by atoms with Crippen LogP contribution in [0.2, 0.25) is 5.02 Å². The number of halogens is 1. The third-order valence-electron chi connectivity index (χ3n) is 11.3. The Kier molecular flexibility index (Phi) is 11.6. The van der Waals surface area contributed by atoms with Crippen LogP contribution in [0.25, 0.3) is 10.8 Å². The van der Waals surface area contributed by atoms with E-state index in [9.17, 15) is 25.1 Å². The molecule has 4 heterocycles. The number of anilines is 2. The monoisotopic (exact) mass is 777 g/mol. The number of aromatic nitrogens is 2. The third kappa shape index (κ3) is 8.11. The summed E-state index contributed by atoms with van der Waals surface area (Å²) in [5.74, 6) is 0.430. The van der Waals surface area contributed by atoms with E-state index in [0.29, 0.717) is 56.3 Å². The molecule has 0 saturated carbocycles. The fraction of sp³-hybridized carbons (Fsp3) is 0.419. The Morgan fingerprint density at radius 3 is 2.62 bits per heavy atom. The van der Waals surface area contributed by atoms with Crippen molar-refractivity contribution >= 4 is 45.6 Å². The van der Waals surface area contributed by atoms with E-state index in [1.165, 1.54) is 12.1 Å². The highest BCUT2D eigenvalue weighted by molar-refractivity contribution is 6.36. The molecule has 0 spiro atoms. The number of fused-ring (bicyclic) bond motifs is 2. The topological polar surface area (TPSA) is 146 Å². The molecular formula is C43H48ClN7O5. The zero-order valence-corrected chi connectivity index (χ0v) is 32.7. The maximum absolute atomic E-state index is 13.1. The first-order chi connectivity index (χ1) is 27.0. The minimum atomic E-state index is -0.307. The molecule has 1 amide bonds. The fourth-order valence-corrected chi connectivity index (χ4v) is 8.59. The number of ether oxygens (including phenoxy) is 1. The van der Waals surface area contributed by atoms with Crippen molar-refractivity contribution in [1.82, 2.24) is 19.8 Å². The van der Waals surface area contributed by atoms with Crippen LogP contribution in [0, 0.1) is 17.2 Å². The van der Waals surface area contributed by atoms with Gasteiger partial charge in [0.25, 0.3) is 0 Å². The van der Waals surface area contributed by atoms with Gasteiger partial charge in [0.2, 0.25) is 5.91 Å². The fourth-order valence-electron chi connectivity index (χ4n) is 8.31. The molecular weight excluding hydrogens is 730 g/mol. The lowest BCUT2D eigenvalue weighted by atomic mass is 9.96. The predicted octanol–water partition coefficient (Wildman–Crippen LogP) is 6.47. The number of Topliss-reactive ketones (excluding diaryl/α,β-unsaturated/α-hetero) is 1. The second-order valence-electron chi connectivity index (χ2n) is 15.3. The van der Waals surface area contributed by atoms with Crippen LogP contribution >= 0.6 is 11.6 Å². The van der Waals surface area contributed by atoms with Gasteiger partial charge in [-0.3, -0.25) is 9.59 Å². The van der Waals surface area contributed by atoms with Gasteiger partial charge in [0, 0.05) is 74.3 Å². The molecule has 12 nitrogen and oxygen atoms in total. The number of carbonyl (C=O) groups excluding carboxylic acids is 2. The first-order valence-corrected chi connectivity index (χ1v) is 19.7. The molecule has 7 rings (SSSR count). The van der Waals surface area contributed by atoms with E-state index in [0.717, 1.165) is 59.6 Å². The summed E-state index contributed by atoms with van der Waals surface area (Å²) >= 11 is 6.75. The number of rotatable bonds is 12. The van der Waals surface area contributed by atoms with Gasteiger partial charge in [0.05, 0.1) is 48.0 Å². The molecule has 0 unspecified atom stereocenters. The van der Waals surface area contributed by atoms with Crippen molar-refractivity contribution in [2.75, 3.05) is 62.2 Å². The molecule has 3 aliphatic rings. The van der Waals surface area contributed by atoms with E-state index in [1.807, 2.05) is 32.0 Å². The quantitative estimate of drug-likeness (QED) is 0.121. The maximum atomic E-state index is 13.1. The lowest BCUT2D eigenvalue weighted by Crippen LogP contribution is -2.55. The number of hydrogen-bond acceptors (Lipinski definition) is 11. The number of amides is 1. The second kappa shape index (κ2) is 16.8. The molecule has 13 heteroatoms. The van der Waals surface area contributed by atoms with Gasteiger partial charge in [-0.1, -0.05) is 56.3 Å². The van der Waals surface area contributed by atoms with Crippen LogP contribution in [0.5, 0.6) is 17.5 Å². The van der Waals surface area contributed by atoms with Crippen LogP contribution in [0.1, 0.15) is 66.2 Å². The van der Waals surface area contributed by atoms with Gasteiger partial charge < -0.3 is 34.5 Å². The summed E-state index contributed by atoms with van der Waals surface area (Å²) in [5, 5.41) is 33.0. The average Bonchev–Trinajstić information content (AvgIpc) is 3.66. The summed E-state index contributed by atoms with van der Waals surface area (Å²) in [6, 6.07) is 17.2. The molecule has 2 fully saturated rings. The van der Waals surface area contributed by atoms with Gasteiger partial charge >= 0.3 is 6.01 Å². The molecule has 4 aromatic rings. The zero-order valence-electron chi connectivity index (χ0n) is 32.0. The standard InChI is InChI=1S/C43H48ClN7O5/c1-4-40(55)51-20-19-50(24-30(51)11-15-45)42-31-13-18-49(36-10-6-8-29-7-5-9-34(44)41(29)36)25-35(31)46-43(47-42)56-26-28-12-16-48(23-28)17-14-37(52)33-21-32(27(2)3)38(53)22-39(33)54/h4-10,21-22,27-28,30,53-54H,1,11-14,16-20,23-26H2,2-3H3/t28-,30+/m1/s1. The molecule has 3 aliphatic heterocycles. The Balaban J connectivity index is 1.08. The highest BCUT2D eigenvalue weighted by Gasteiger charge is 2.34. The second-order valence-corrected chi connectivity index (χ2v) is 15.7. The molecule has 3 aromatic carbocycles. The summed E-state index contributed by atoms with van der Waals surface area (Å²) in [6.07, 6.45) is 3.33. The Labute approximate surface area is 332 Å². The maximum Gasteiger partial charge on any atom is 0.318 e. The Hall–Kier alpha value is -5.38. The van der Waals surface area contributed by atoms with Gasteiger partial charge in [-0.05, 0) is 60.5 Å². The summed E-state index contributed by atoms with van der Waals surface area (Å²) in [5.41, 5.74) is 3.82. The molecule has 2 atom stereocenters. The van der Waals surface area contributed by atoms with Crippen molar-refractivity contribution in [2.24, 2.45) is 5.92 Å². The number of piperazine rings is 1. The number of hydrogen-bond donors (Lipinski definition) is 2. The van der Waals surface area contributed by atoms with E-state index in [4.69, 9.17) is 26.3 Å². The minimum Gasteiger partial charge on any atom is -0.508 e. The molecule has 2 saturated heterocycles. The number of nitrogens with zero attached hydrogens (tertiary/aromatic N) is 7. The van der Waals surface area contributed by atoms with Crippen LogP contribution in [0.4, 0.5) is 11.5 Å². The Morgan fingerprint density at radius 1 is 1.05 bits per heavy atom. The first kappa shape index (κ1) is 38.9. The first-order valence-electron chi connectivity index (χ1n) is 19.4. The van der Waals surface area contributed by atoms with Crippen LogP contribution in [0.3, 0.4) is 0 Å². The van der Waals surface area contributed by atoms with Gasteiger partial charge in [-0.15, -0.1) is 0 Å². The lowest BCUT2D eigenvalue weighted by molar-refractivity contribution is -0.128. The van der Waals surface area contributed by atoms with Gasteiger partial charge in [-0.2, -0.15) is 15.2 Å². The van der Waals surface area contributed by atoms with Crippen LogP contribution in [-0.4, -0.2) is 100 Å². The van der Waals surface area contributed by atoms with Crippen molar-refractivity contribution in [3.8, 4) is 23.6 Å². The van der Waals surface area contributed by atoms with Crippen molar-refractivity contribution in [3.63, 3.8) is 0 Å². The minimum absolute atomic E-state index is 0.00992. The molecule has 0 aliphatic carbocycles. The average molecular weight is 778 g/mol. The highest BCUT2D eigenvalue weighted by atomic mass is 35.5. The van der Waals surface area contributed by atoms with Crippen LogP contribution in [-0.2, 0) is 17.8 Å². The Bertz CT molecular complexity index is 2180. The SMILES string of the molecule is C=CC(=O)N1CCN(c2nc(OC[C@@H]3CCN(CCC(=O)c4cc(C(C)C)c(O)cc4O)C3)nc3c2CCN(c2cccc4cccc(Cl)c24)C3)C[C@@H]1CC#N. The van der Waals surface area contributed by atoms with E-state index >= 15 is 0 Å². The highest BCUT2D eigenvalue weighted by Crippen LogP contribution is 2.38. The number of aromatic hydroxyl groups is 2. The number of ketones is 1. The van der Waals surface area contributed by atoms with Crippen LogP contribution in [0.15, 0.2) is 61.2 Å². The van der Waals surface area contributed by atoms with Crippen LogP contribution < -0.4 is 14.5 Å². The zero-order chi connectivity index (χ0) is 39.5.